The number of benzene rings is 1. The molecule has 1 rings (SSSR count). The molecule has 0 saturated heterocycles. The standard InChI is InChI=1S/C17H26N2O5S/c1-12(2)11-18-25(23,24)14-7-5-13(6-8-14)16(22)19-17(3,4)10-9-15(20)21/h5-8,12,18H,9-11H2,1-4H3,(H,19,22)(H,20,21). The topological polar surface area (TPSA) is 113 Å². The molecule has 0 radical (unpaired) electrons. The lowest BCUT2D eigenvalue weighted by atomic mass is 9.98. The summed E-state index contributed by atoms with van der Waals surface area (Å²) in [6, 6.07) is 5.63. The predicted octanol–water partition coefficient (Wildman–Crippen LogP) is 1.99. The molecule has 0 saturated carbocycles. The van der Waals surface area contributed by atoms with Crippen molar-refractivity contribution in [2.24, 2.45) is 5.92 Å². The average Bonchev–Trinajstić information content (AvgIpc) is 2.51. The van der Waals surface area contributed by atoms with Gasteiger partial charge in [0.25, 0.3) is 5.91 Å². The molecule has 3 N–H and O–H groups in total. The van der Waals surface area contributed by atoms with Crippen LogP contribution in [0, 0.1) is 5.92 Å². The largest absolute Gasteiger partial charge is 0.481 e. The Balaban J connectivity index is 2.78. The van der Waals surface area contributed by atoms with Crippen LogP contribution in [0.1, 0.15) is 50.9 Å². The quantitative estimate of drug-likeness (QED) is 0.615. The minimum atomic E-state index is -3.60. The van der Waals surface area contributed by atoms with E-state index in [2.05, 4.69) is 10.0 Å². The third kappa shape index (κ3) is 7.23. The first kappa shape index (κ1) is 21.1. The molecular weight excluding hydrogens is 344 g/mol. The fraction of sp³-hybridized carbons (Fsp3) is 0.529. The molecule has 0 spiro atoms. The fourth-order valence-corrected chi connectivity index (χ4v) is 3.22. The predicted molar refractivity (Wildman–Crippen MR) is 94.9 cm³/mol. The molecule has 0 heterocycles. The summed E-state index contributed by atoms with van der Waals surface area (Å²) in [6.45, 7) is 7.62. The zero-order valence-electron chi connectivity index (χ0n) is 15.0. The highest BCUT2D eigenvalue weighted by Crippen LogP contribution is 2.15. The SMILES string of the molecule is CC(C)CNS(=O)(=O)c1ccc(C(=O)NC(C)(C)CCC(=O)O)cc1. The Labute approximate surface area is 148 Å². The van der Waals surface area contributed by atoms with Gasteiger partial charge in [-0.2, -0.15) is 0 Å². The van der Waals surface area contributed by atoms with E-state index >= 15 is 0 Å². The molecule has 0 atom stereocenters. The first-order valence-corrected chi connectivity index (χ1v) is 9.55. The monoisotopic (exact) mass is 370 g/mol. The summed E-state index contributed by atoms with van der Waals surface area (Å²) in [7, 11) is -3.60. The van der Waals surface area contributed by atoms with Crippen molar-refractivity contribution < 1.29 is 23.1 Å². The van der Waals surface area contributed by atoms with E-state index in [1.807, 2.05) is 13.8 Å². The summed E-state index contributed by atoms with van der Waals surface area (Å²) in [5, 5.41) is 11.5. The van der Waals surface area contributed by atoms with Gasteiger partial charge in [-0.25, -0.2) is 13.1 Å². The summed E-state index contributed by atoms with van der Waals surface area (Å²) in [4.78, 5) is 23.0. The van der Waals surface area contributed by atoms with Gasteiger partial charge in [-0.05, 0) is 50.5 Å². The van der Waals surface area contributed by atoms with Gasteiger partial charge in [-0.3, -0.25) is 9.59 Å². The number of carbonyl (C=O) groups is 2. The first-order valence-electron chi connectivity index (χ1n) is 8.07. The number of nitrogens with one attached hydrogen (secondary N) is 2. The molecule has 1 amide bonds. The molecule has 8 heteroatoms. The lowest BCUT2D eigenvalue weighted by molar-refractivity contribution is -0.137. The Morgan fingerprint density at radius 2 is 1.72 bits per heavy atom. The van der Waals surface area contributed by atoms with Crippen LogP contribution in [0.4, 0.5) is 0 Å². The number of carboxylic acid groups (broad SMARTS) is 1. The van der Waals surface area contributed by atoms with Gasteiger partial charge in [0.2, 0.25) is 10.0 Å². The van der Waals surface area contributed by atoms with Crippen LogP contribution < -0.4 is 10.0 Å². The number of rotatable bonds is 9. The molecule has 0 unspecified atom stereocenters. The highest BCUT2D eigenvalue weighted by atomic mass is 32.2. The lowest BCUT2D eigenvalue weighted by Gasteiger charge is -2.25. The molecule has 0 aromatic heterocycles. The van der Waals surface area contributed by atoms with Crippen LogP contribution in [0.15, 0.2) is 29.2 Å². The third-order valence-corrected chi connectivity index (χ3v) is 4.96. The summed E-state index contributed by atoms with van der Waals surface area (Å²) in [6.07, 6.45) is 0.242. The van der Waals surface area contributed by atoms with Crippen LogP contribution in [0.25, 0.3) is 0 Å². The van der Waals surface area contributed by atoms with Crippen molar-refractivity contribution in [1.29, 1.82) is 0 Å². The normalized spacial score (nSPS) is 12.2. The van der Waals surface area contributed by atoms with Crippen LogP contribution in [0.2, 0.25) is 0 Å². The molecule has 0 bridgehead atoms. The number of aliphatic carboxylic acids is 1. The van der Waals surface area contributed by atoms with E-state index in [0.29, 0.717) is 18.5 Å². The van der Waals surface area contributed by atoms with E-state index in [4.69, 9.17) is 5.11 Å². The number of carboxylic acids is 1. The van der Waals surface area contributed by atoms with Crippen molar-refractivity contribution in [3.8, 4) is 0 Å². The van der Waals surface area contributed by atoms with Gasteiger partial charge < -0.3 is 10.4 Å². The van der Waals surface area contributed by atoms with Crippen LogP contribution >= 0.6 is 0 Å². The van der Waals surface area contributed by atoms with E-state index in [9.17, 15) is 18.0 Å². The van der Waals surface area contributed by atoms with Crippen molar-refractivity contribution >= 4 is 21.9 Å². The van der Waals surface area contributed by atoms with Gasteiger partial charge in [-0.15, -0.1) is 0 Å². The molecule has 7 nitrogen and oxygen atoms in total. The first-order chi connectivity index (χ1) is 11.4. The zero-order valence-corrected chi connectivity index (χ0v) is 15.8. The van der Waals surface area contributed by atoms with Gasteiger partial charge in [0, 0.05) is 24.1 Å². The third-order valence-electron chi connectivity index (χ3n) is 3.52. The lowest BCUT2D eigenvalue weighted by Crippen LogP contribution is -2.43. The Morgan fingerprint density at radius 3 is 2.20 bits per heavy atom. The number of amides is 1. The van der Waals surface area contributed by atoms with Gasteiger partial charge in [-0.1, -0.05) is 13.8 Å². The second-order valence-corrected chi connectivity index (χ2v) is 8.77. The van der Waals surface area contributed by atoms with Crippen molar-refractivity contribution in [3.63, 3.8) is 0 Å². The minimum Gasteiger partial charge on any atom is -0.481 e. The van der Waals surface area contributed by atoms with Crippen LogP contribution in [0.3, 0.4) is 0 Å². The van der Waals surface area contributed by atoms with Crippen LogP contribution in [-0.4, -0.2) is 37.5 Å². The van der Waals surface area contributed by atoms with Crippen LogP contribution in [-0.2, 0) is 14.8 Å². The van der Waals surface area contributed by atoms with Gasteiger partial charge in [0.05, 0.1) is 4.90 Å². The average molecular weight is 370 g/mol. The van der Waals surface area contributed by atoms with Gasteiger partial charge in [0.15, 0.2) is 0 Å². The maximum atomic E-state index is 12.3. The summed E-state index contributed by atoms with van der Waals surface area (Å²) < 4.78 is 26.8. The molecule has 1 aromatic rings. The molecule has 140 valence electrons. The summed E-state index contributed by atoms with van der Waals surface area (Å²) in [5.74, 6) is -1.12. The molecule has 0 aliphatic carbocycles. The molecule has 25 heavy (non-hydrogen) atoms. The van der Waals surface area contributed by atoms with Crippen molar-refractivity contribution in [2.45, 2.75) is 51.0 Å². The van der Waals surface area contributed by atoms with Gasteiger partial charge in [0.1, 0.15) is 0 Å². The van der Waals surface area contributed by atoms with Gasteiger partial charge >= 0.3 is 5.97 Å². The fourth-order valence-electron chi connectivity index (χ4n) is 2.01. The van der Waals surface area contributed by atoms with E-state index in [-0.39, 0.29) is 23.1 Å². The molecule has 0 aliphatic heterocycles. The Kier molecular flexibility index (Phi) is 7.13. The highest BCUT2D eigenvalue weighted by molar-refractivity contribution is 7.89. The highest BCUT2D eigenvalue weighted by Gasteiger charge is 2.22. The van der Waals surface area contributed by atoms with E-state index < -0.39 is 21.5 Å². The second-order valence-electron chi connectivity index (χ2n) is 7.00. The Bertz CT molecular complexity index is 709. The number of hydrogen-bond acceptors (Lipinski definition) is 4. The summed E-state index contributed by atoms with van der Waals surface area (Å²) in [5.41, 5.74) is -0.370. The van der Waals surface area contributed by atoms with Crippen molar-refractivity contribution in [3.05, 3.63) is 29.8 Å². The van der Waals surface area contributed by atoms with E-state index in [1.165, 1.54) is 24.3 Å². The number of sulfonamides is 1. The Morgan fingerprint density at radius 1 is 1.16 bits per heavy atom. The van der Waals surface area contributed by atoms with Crippen molar-refractivity contribution in [1.82, 2.24) is 10.0 Å². The molecule has 0 aliphatic rings. The molecule has 0 fully saturated rings. The van der Waals surface area contributed by atoms with E-state index in [1.54, 1.807) is 13.8 Å². The van der Waals surface area contributed by atoms with Crippen molar-refractivity contribution in [2.75, 3.05) is 6.54 Å². The van der Waals surface area contributed by atoms with Crippen LogP contribution in [0.5, 0.6) is 0 Å². The second kappa shape index (κ2) is 8.44. The molecular formula is C17H26N2O5S. The minimum absolute atomic E-state index is 0.0496. The summed E-state index contributed by atoms with van der Waals surface area (Å²) >= 11 is 0. The number of carbonyl (C=O) groups excluding carboxylic acids is 1. The zero-order chi connectivity index (χ0) is 19.3. The Hall–Kier alpha value is -1.93. The smallest absolute Gasteiger partial charge is 0.303 e. The maximum Gasteiger partial charge on any atom is 0.303 e. The molecule has 1 aromatic carbocycles. The number of hydrogen-bond donors (Lipinski definition) is 3. The maximum absolute atomic E-state index is 12.3. The van der Waals surface area contributed by atoms with E-state index in [0.717, 1.165) is 0 Å².